The third-order valence-corrected chi connectivity index (χ3v) is 4.47. The van der Waals surface area contributed by atoms with Crippen LogP contribution in [0.2, 0.25) is 0 Å². The van der Waals surface area contributed by atoms with Gasteiger partial charge in [-0.1, -0.05) is 18.2 Å². The molecule has 5 heteroatoms. The zero-order valence-corrected chi connectivity index (χ0v) is 12.3. The van der Waals surface area contributed by atoms with Crippen molar-refractivity contribution in [3.8, 4) is 5.75 Å². The van der Waals surface area contributed by atoms with E-state index in [4.69, 9.17) is 4.74 Å². The second-order valence-corrected chi connectivity index (χ2v) is 5.70. The summed E-state index contributed by atoms with van der Waals surface area (Å²) < 4.78 is 5.11. The van der Waals surface area contributed by atoms with Crippen molar-refractivity contribution in [1.82, 2.24) is 4.90 Å². The fraction of sp³-hybridized carbons (Fsp3) is 0.188. The first-order valence-corrected chi connectivity index (χ1v) is 7.54. The van der Waals surface area contributed by atoms with Gasteiger partial charge in [0.25, 0.3) is 5.91 Å². The molecule has 3 rings (SSSR count). The van der Waals surface area contributed by atoms with Crippen LogP contribution in [0.1, 0.15) is 22.1 Å². The Morgan fingerprint density at radius 1 is 1.19 bits per heavy atom. The number of aliphatic hydroxyl groups excluding tert-OH is 1. The predicted molar refractivity (Wildman–Crippen MR) is 81.3 cm³/mol. The van der Waals surface area contributed by atoms with Crippen LogP contribution in [0.25, 0.3) is 0 Å². The van der Waals surface area contributed by atoms with Crippen molar-refractivity contribution in [3.63, 3.8) is 0 Å². The SMILES string of the molecule is COc1ccc(SCN2C(=O)c3ccccc3C2O)cc1. The van der Waals surface area contributed by atoms with Gasteiger partial charge < -0.3 is 9.84 Å². The number of thioether (sulfide) groups is 1. The van der Waals surface area contributed by atoms with Crippen molar-refractivity contribution in [3.05, 3.63) is 59.7 Å². The van der Waals surface area contributed by atoms with E-state index in [2.05, 4.69) is 0 Å². The zero-order valence-electron chi connectivity index (χ0n) is 11.5. The molecule has 0 fully saturated rings. The number of aliphatic hydroxyl groups is 1. The summed E-state index contributed by atoms with van der Waals surface area (Å²) in [5, 5.41) is 10.2. The van der Waals surface area contributed by atoms with E-state index in [-0.39, 0.29) is 5.91 Å². The fourth-order valence-electron chi connectivity index (χ4n) is 2.30. The minimum atomic E-state index is -0.862. The van der Waals surface area contributed by atoms with Gasteiger partial charge in [-0.05, 0) is 30.3 Å². The number of carbonyl (C=O) groups is 1. The van der Waals surface area contributed by atoms with Crippen LogP contribution in [-0.2, 0) is 0 Å². The molecule has 1 amide bonds. The zero-order chi connectivity index (χ0) is 14.8. The van der Waals surface area contributed by atoms with Gasteiger partial charge in [-0.25, -0.2) is 0 Å². The topological polar surface area (TPSA) is 49.8 Å². The molecular formula is C16H15NO3S. The van der Waals surface area contributed by atoms with Gasteiger partial charge in [0.05, 0.1) is 13.0 Å². The molecule has 4 nitrogen and oxygen atoms in total. The summed E-state index contributed by atoms with van der Waals surface area (Å²) in [5.41, 5.74) is 1.26. The van der Waals surface area contributed by atoms with Gasteiger partial charge >= 0.3 is 0 Å². The van der Waals surface area contributed by atoms with Crippen LogP contribution in [0.5, 0.6) is 5.75 Å². The number of hydrogen-bond donors (Lipinski definition) is 1. The van der Waals surface area contributed by atoms with Crippen LogP contribution in [0.3, 0.4) is 0 Å². The van der Waals surface area contributed by atoms with Crippen molar-refractivity contribution in [2.45, 2.75) is 11.1 Å². The minimum Gasteiger partial charge on any atom is -0.497 e. The number of nitrogens with zero attached hydrogens (tertiary/aromatic N) is 1. The highest BCUT2D eigenvalue weighted by molar-refractivity contribution is 7.99. The molecule has 0 aliphatic carbocycles. The summed E-state index contributed by atoms with van der Waals surface area (Å²) >= 11 is 1.50. The molecule has 0 spiro atoms. The predicted octanol–water partition coefficient (Wildman–Crippen LogP) is 2.89. The van der Waals surface area contributed by atoms with E-state index in [1.54, 1.807) is 19.2 Å². The van der Waals surface area contributed by atoms with Gasteiger partial charge in [-0.15, -0.1) is 11.8 Å². The van der Waals surface area contributed by atoms with E-state index in [1.165, 1.54) is 16.7 Å². The number of carbonyl (C=O) groups excluding carboxylic acids is 1. The lowest BCUT2D eigenvalue weighted by Gasteiger charge is -2.20. The van der Waals surface area contributed by atoms with Crippen LogP contribution < -0.4 is 4.74 Å². The van der Waals surface area contributed by atoms with E-state index in [0.717, 1.165) is 10.6 Å². The van der Waals surface area contributed by atoms with Crippen LogP contribution in [0, 0.1) is 0 Å². The highest BCUT2D eigenvalue weighted by Gasteiger charge is 2.34. The molecule has 0 saturated heterocycles. The molecule has 2 aromatic rings. The van der Waals surface area contributed by atoms with Crippen molar-refractivity contribution in [2.75, 3.05) is 13.0 Å². The van der Waals surface area contributed by atoms with Gasteiger partial charge in [0, 0.05) is 16.0 Å². The molecule has 0 bridgehead atoms. The highest BCUT2D eigenvalue weighted by Crippen LogP contribution is 2.34. The van der Waals surface area contributed by atoms with Crippen molar-refractivity contribution in [1.29, 1.82) is 0 Å². The monoisotopic (exact) mass is 301 g/mol. The Morgan fingerprint density at radius 3 is 2.57 bits per heavy atom. The van der Waals surface area contributed by atoms with Crippen molar-refractivity contribution >= 4 is 17.7 Å². The Hall–Kier alpha value is -1.98. The van der Waals surface area contributed by atoms with Gasteiger partial charge in [-0.2, -0.15) is 0 Å². The number of amides is 1. The molecule has 1 aliphatic heterocycles. The average molecular weight is 301 g/mol. The number of rotatable bonds is 4. The van der Waals surface area contributed by atoms with E-state index >= 15 is 0 Å². The van der Waals surface area contributed by atoms with Gasteiger partial charge in [-0.3, -0.25) is 9.69 Å². The summed E-state index contributed by atoms with van der Waals surface area (Å²) in [6.45, 7) is 0. The largest absolute Gasteiger partial charge is 0.497 e. The maximum atomic E-state index is 12.3. The second-order valence-electron chi connectivity index (χ2n) is 4.68. The normalized spacial score (nSPS) is 17.0. The van der Waals surface area contributed by atoms with E-state index in [1.807, 2.05) is 36.4 Å². The molecule has 1 atom stereocenters. The summed E-state index contributed by atoms with van der Waals surface area (Å²) in [7, 11) is 1.62. The number of fused-ring (bicyclic) bond motifs is 1. The molecule has 1 N–H and O–H groups in total. The van der Waals surface area contributed by atoms with Gasteiger partial charge in [0.15, 0.2) is 6.23 Å². The van der Waals surface area contributed by atoms with Crippen LogP contribution in [-0.4, -0.2) is 28.9 Å². The first-order valence-electron chi connectivity index (χ1n) is 6.55. The Labute approximate surface area is 127 Å². The summed E-state index contributed by atoms with van der Waals surface area (Å²) in [5.74, 6) is 1.07. The number of methoxy groups -OCH3 is 1. The molecule has 21 heavy (non-hydrogen) atoms. The summed E-state index contributed by atoms with van der Waals surface area (Å²) in [6.07, 6.45) is -0.862. The fourth-order valence-corrected chi connectivity index (χ4v) is 3.17. The molecule has 1 aliphatic rings. The van der Waals surface area contributed by atoms with Crippen LogP contribution in [0.15, 0.2) is 53.4 Å². The Bertz CT molecular complexity index is 657. The third kappa shape index (κ3) is 2.62. The van der Waals surface area contributed by atoms with Crippen molar-refractivity contribution in [2.24, 2.45) is 0 Å². The molecular weight excluding hydrogens is 286 g/mol. The lowest BCUT2D eigenvalue weighted by molar-refractivity contribution is 0.0271. The summed E-state index contributed by atoms with van der Waals surface area (Å²) in [6, 6.07) is 14.8. The minimum absolute atomic E-state index is 0.126. The second kappa shape index (κ2) is 5.79. The third-order valence-electron chi connectivity index (χ3n) is 3.46. The standard InChI is InChI=1S/C16H15NO3S/c1-20-11-6-8-12(9-7-11)21-10-17-15(18)13-4-2-3-5-14(13)16(17)19/h2-9,15,18H,10H2,1H3. The number of ether oxygens (including phenoxy) is 1. The molecule has 108 valence electrons. The maximum Gasteiger partial charge on any atom is 0.257 e. The molecule has 0 saturated carbocycles. The average Bonchev–Trinajstić information content (AvgIpc) is 2.78. The molecule has 0 aromatic heterocycles. The van der Waals surface area contributed by atoms with Gasteiger partial charge in [0.2, 0.25) is 0 Å². The Kier molecular flexibility index (Phi) is 3.86. The Balaban J connectivity index is 1.70. The van der Waals surface area contributed by atoms with E-state index < -0.39 is 6.23 Å². The molecule has 1 heterocycles. The molecule has 2 aromatic carbocycles. The molecule has 0 radical (unpaired) electrons. The quantitative estimate of drug-likeness (QED) is 0.882. The first kappa shape index (κ1) is 14.0. The van der Waals surface area contributed by atoms with Crippen LogP contribution >= 0.6 is 11.8 Å². The van der Waals surface area contributed by atoms with Gasteiger partial charge in [0.1, 0.15) is 5.75 Å². The molecule has 1 unspecified atom stereocenters. The van der Waals surface area contributed by atoms with E-state index in [9.17, 15) is 9.90 Å². The lowest BCUT2D eigenvalue weighted by Crippen LogP contribution is -2.27. The summed E-state index contributed by atoms with van der Waals surface area (Å²) in [4.78, 5) is 14.8. The Morgan fingerprint density at radius 2 is 1.90 bits per heavy atom. The number of benzene rings is 2. The van der Waals surface area contributed by atoms with Crippen molar-refractivity contribution < 1.29 is 14.6 Å². The highest BCUT2D eigenvalue weighted by atomic mass is 32.2. The smallest absolute Gasteiger partial charge is 0.257 e. The first-order chi connectivity index (χ1) is 10.2. The number of hydrogen-bond acceptors (Lipinski definition) is 4. The van der Waals surface area contributed by atoms with Crippen LogP contribution in [0.4, 0.5) is 0 Å². The maximum absolute atomic E-state index is 12.3. The van der Waals surface area contributed by atoms with E-state index in [0.29, 0.717) is 17.0 Å². The lowest BCUT2D eigenvalue weighted by atomic mass is 10.1.